The highest BCUT2D eigenvalue weighted by Crippen LogP contribution is 2.53. The number of anilines is 1. The van der Waals surface area contributed by atoms with Crippen LogP contribution in [-0.2, 0) is 14.4 Å². The van der Waals surface area contributed by atoms with Gasteiger partial charge in [-0.05, 0) is 57.6 Å². The Hall–Kier alpha value is -4.21. The molecule has 3 aromatic carbocycles. The monoisotopic (exact) mass is 630 g/mol. The predicted octanol–water partition coefficient (Wildman–Crippen LogP) is 4.49. The van der Waals surface area contributed by atoms with Crippen molar-refractivity contribution in [3.8, 4) is 5.75 Å². The van der Waals surface area contributed by atoms with E-state index in [1.807, 2.05) is 6.92 Å². The Kier molecular flexibility index (Phi) is 9.05. The maximum atomic E-state index is 15.1. The highest BCUT2D eigenvalue weighted by Gasteiger charge is 2.70. The average molecular weight is 631 g/mol. The van der Waals surface area contributed by atoms with Gasteiger partial charge in [-0.15, -0.1) is 0 Å². The van der Waals surface area contributed by atoms with E-state index in [0.29, 0.717) is 31.2 Å². The number of likely N-dealkylation sites (N-methyl/N-ethyl adjacent to an activating group) is 1. The molecule has 3 unspecified atom stereocenters. The number of benzene rings is 3. The summed E-state index contributed by atoms with van der Waals surface area (Å²) >= 11 is 6.24. The van der Waals surface area contributed by atoms with Crippen LogP contribution in [0.1, 0.15) is 49.5 Å². The number of Topliss-reactive ketones (excluding diaryl/α,β-unsaturated/α-hetero) is 1. The zero-order valence-electron chi connectivity index (χ0n) is 26.0. The number of halogens is 1. The Balaban J connectivity index is 1.83. The number of amides is 3. The third-order valence-corrected chi connectivity index (χ3v) is 8.85. The lowest BCUT2D eigenvalue weighted by atomic mass is 9.69. The molecule has 2 N–H and O–H groups in total. The van der Waals surface area contributed by atoms with Crippen molar-refractivity contribution in [2.75, 3.05) is 37.6 Å². The average Bonchev–Trinajstić information content (AvgIpc) is 3.30. The third kappa shape index (κ3) is 5.94. The molecule has 0 spiro atoms. The first kappa shape index (κ1) is 32.2. The second-order valence-electron chi connectivity index (χ2n) is 12.6. The van der Waals surface area contributed by atoms with E-state index in [0.717, 1.165) is 6.54 Å². The lowest BCUT2D eigenvalue weighted by Crippen LogP contribution is -2.66. The first-order valence-corrected chi connectivity index (χ1v) is 15.6. The zero-order chi connectivity index (χ0) is 32.5. The molecule has 2 aliphatic rings. The standard InChI is InChI=1S/C35H39ClN4O5/c1-5-38-19-21-39(22-20-38)31(43)28-29(26-13-9-10-14-27(26)41)35(33(45)37-34(2,3)4,30(42)23-11-7-6-8-12-23)40(32(28)44)25-17-15-24(36)16-18-25/h6-18,28-29,41H,5,19-22H2,1-4H3,(H,37,45). The van der Waals surface area contributed by atoms with E-state index >= 15 is 4.79 Å². The maximum Gasteiger partial charge on any atom is 0.255 e. The van der Waals surface area contributed by atoms with E-state index in [1.165, 1.54) is 11.0 Å². The van der Waals surface area contributed by atoms with Crippen LogP contribution in [0.4, 0.5) is 5.69 Å². The molecule has 10 heteroatoms. The fourth-order valence-electron chi connectivity index (χ4n) is 6.48. The molecule has 236 valence electrons. The van der Waals surface area contributed by atoms with Crippen molar-refractivity contribution < 1.29 is 24.3 Å². The number of phenols is 1. The number of carbonyl (C=O) groups excluding carboxylic acids is 4. The number of para-hydroxylation sites is 1. The molecule has 45 heavy (non-hydrogen) atoms. The molecule has 5 rings (SSSR count). The van der Waals surface area contributed by atoms with Gasteiger partial charge in [0.25, 0.3) is 5.91 Å². The van der Waals surface area contributed by atoms with Gasteiger partial charge in [0, 0.05) is 59.5 Å². The van der Waals surface area contributed by atoms with Gasteiger partial charge in [-0.3, -0.25) is 24.1 Å². The molecule has 3 atom stereocenters. The minimum absolute atomic E-state index is 0.154. The molecule has 2 saturated heterocycles. The van der Waals surface area contributed by atoms with E-state index in [2.05, 4.69) is 10.2 Å². The van der Waals surface area contributed by atoms with Crippen molar-refractivity contribution in [2.45, 2.75) is 44.7 Å². The number of hydrogen-bond acceptors (Lipinski definition) is 6. The Morgan fingerprint density at radius 2 is 1.51 bits per heavy atom. The van der Waals surface area contributed by atoms with Crippen LogP contribution in [-0.4, -0.2) is 82.2 Å². The molecular formula is C35H39ClN4O5. The van der Waals surface area contributed by atoms with E-state index < -0.39 is 46.4 Å². The third-order valence-electron chi connectivity index (χ3n) is 8.59. The van der Waals surface area contributed by atoms with Crippen LogP contribution in [0.5, 0.6) is 5.75 Å². The lowest BCUT2D eigenvalue weighted by Gasteiger charge is -2.42. The Morgan fingerprint density at radius 3 is 2.09 bits per heavy atom. The van der Waals surface area contributed by atoms with Crippen molar-refractivity contribution in [2.24, 2.45) is 5.92 Å². The van der Waals surface area contributed by atoms with Crippen molar-refractivity contribution >= 4 is 40.8 Å². The van der Waals surface area contributed by atoms with E-state index in [4.69, 9.17) is 11.6 Å². The van der Waals surface area contributed by atoms with Crippen LogP contribution in [0.15, 0.2) is 78.9 Å². The summed E-state index contributed by atoms with van der Waals surface area (Å²) in [6.07, 6.45) is 0. The molecular weight excluding hydrogens is 592 g/mol. The highest BCUT2D eigenvalue weighted by molar-refractivity contribution is 6.32. The van der Waals surface area contributed by atoms with Gasteiger partial charge >= 0.3 is 0 Å². The number of piperazine rings is 1. The fourth-order valence-corrected chi connectivity index (χ4v) is 6.60. The molecule has 3 amide bonds. The number of ketones is 1. The van der Waals surface area contributed by atoms with Crippen LogP contribution in [0.2, 0.25) is 5.02 Å². The summed E-state index contributed by atoms with van der Waals surface area (Å²) in [5, 5.41) is 14.7. The van der Waals surface area contributed by atoms with Gasteiger partial charge in [-0.1, -0.05) is 67.1 Å². The van der Waals surface area contributed by atoms with Gasteiger partial charge in [0.05, 0.1) is 0 Å². The molecule has 2 aliphatic heterocycles. The van der Waals surface area contributed by atoms with Crippen molar-refractivity contribution in [3.05, 3.63) is 95.0 Å². The van der Waals surface area contributed by atoms with E-state index in [1.54, 1.807) is 98.5 Å². The van der Waals surface area contributed by atoms with Crippen molar-refractivity contribution in [3.63, 3.8) is 0 Å². The second-order valence-corrected chi connectivity index (χ2v) is 13.0. The number of nitrogens with zero attached hydrogens (tertiary/aromatic N) is 3. The molecule has 0 radical (unpaired) electrons. The van der Waals surface area contributed by atoms with Gasteiger partial charge < -0.3 is 20.2 Å². The second kappa shape index (κ2) is 12.7. The normalized spacial score (nSPS) is 22.4. The molecule has 0 saturated carbocycles. The van der Waals surface area contributed by atoms with E-state index in [9.17, 15) is 19.5 Å². The van der Waals surface area contributed by atoms with Crippen LogP contribution in [0.3, 0.4) is 0 Å². The molecule has 9 nitrogen and oxygen atoms in total. The zero-order valence-corrected chi connectivity index (χ0v) is 26.8. The Labute approximate surface area is 268 Å². The summed E-state index contributed by atoms with van der Waals surface area (Å²) in [5.74, 6) is -5.72. The molecule has 2 heterocycles. The van der Waals surface area contributed by atoms with Gasteiger partial charge in [-0.25, -0.2) is 0 Å². The molecule has 2 fully saturated rings. The predicted molar refractivity (Wildman–Crippen MR) is 173 cm³/mol. The van der Waals surface area contributed by atoms with Crippen molar-refractivity contribution in [1.82, 2.24) is 15.1 Å². The fraction of sp³-hybridized carbons (Fsp3) is 0.371. The Morgan fingerprint density at radius 1 is 0.911 bits per heavy atom. The topological polar surface area (TPSA) is 110 Å². The lowest BCUT2D eigenvalue weighted by molar-refractivity contribution is -0.141. The first-order valence-electron chi connectivity index (χ1n) is 15.2. The summed E-state index contributed by atoms with van der Waals surface area (Å²) in [4.78, 5) is 64.6. The summed E-state index contributed by atoms with van der Waals surface area (Å²) in [6, 6.07) is 20.8. The molecule has 0 bridgehead atoms. The van der Waals surface area contributed by atoms with Gasteiger partial charge in [0.1, 0.15) is 11.7 Å². The molecule has 3 aromatic rings. The highest BCUT2D eigenvalue weighted by atomic mass is 35.5. The summed E-state index contributed by atoms with van der Waals surface area (Å²) in [5.41, 5.74) is -2.56. The van der Waals surface area contributed by atoms with Crippen LogP contribution >= 0.6 is 11.6 Å². The summed E-state index contributed by atoms with van der Waals surface area (Å²) in [7, 11) is 0. The summed E-state index contributed by atoms with van der Waals surface area (Å²) < 4.78 is 0. The number of phenolic OH excluding ortho intramolecular Hbond substituents is 1. The van der Waals surface area contributed by atoms with Crippen LogP contribution < -0.4 is 10.2 Å². The van der Waals surface area contributed by atoms with Crippen molar-refractivity contribution in [1.29, 1.82) is 0 Å². The number of carbonyl (C=O) groups is 4. The Bertz CT molecular complexity index is 1580. The molecule has 0 aromatic heterocycles. The minimum atomic E-state index is -2.30. The minimum Gasteiger partial charge on any atom is -0.508 e. The van der Waals surface area contributed by atoms with Gasteiger partial charge in [-0.2, -0.15) is 0 Å². The first-order chi connectivity index (χ1) is 21.4. The van der Waals surface area contributed by atoms with E-state index in [-0.39, 0.29) is 22.6 Å². The molecule has 0 aliphatic carbocycles. The summed E-state index contributed by atoms with van der Waals surface area (Å²) in [6.45, 7) is 10.2. The van der Waals surface area contributed by atoms with Gasteiger partial charge in [0.2, 0.25) is 11.8 Å². The number of nitrogens with one attached hydrogen (secondary N) is 1. The number of aromatic hydroxyl groups is 1. The number of rotatable bonds is 7. The maximum absolute atomic E-state index is 15.1. The van der Waals surface area contributed by atoms with Crippen LogP contribution in [0.25, 0.3) is 0 Å². The van der Waals surface area contributed by atoms with Gasteiger partial charge in [0.15, 0.2) is 11.3 Å². The SMILES string of the molecule is CCN1CCN(C(=O)C2C(=O)N(c3ccc(Cl)cc3)C(C(=O)NC(C)(C)C)(C(=O)c3ccccc3)C2c2ccccc2O)CC1. The quantitative estimate of drug-likeness (QED) is 0.294. The smallest absolute Gasteiger partial charge is 0.255 e. The van der Waals surface area contributed by atoms with Crippen LogP contribution in [0, 0.1) is 5.92 Å². The number of hydrogen-bond donors (Lipinski definition) is 2. The largest absolute Gasteiger partial charge is 0.508 e.